The van der Waals surface area contributed by atoms with E-state index < -0.39 is 0 Å². The molecule has 0 unspecified atom stereocenters. The summed E-state index contributed by atoms with van der Waals surface area (Å²) in [6.45, 7) is 5.32. The summed E-state index contributed by atoms with van der Waals surface area (Å²) in [5, 5.41) is 4.64. The summed E-state index contributed by atoms with van der Waals surface area (Å²) in [6.07, 6.45) is 0. The van der Waals surface area contributed by atoms with Gasteiger partial charge in [-0.15, -0.1) is 0 Å². The number of rotatable bonds is 4. The number of nitrogens with one attached hydrogen (secondary N) is 1. The molecule has 132 valence electrons. The Kier molecular flexibility index (Phi) is 5.71. The van der Waals surface area contributed by atoms with Gasteiger partial charge in [-0.05, 0) is 48.9 Å². The van der Waals surface area contributed by atoms with Crippen molar-refractivity contribution in [3.05, 3.63) is 58.1 Å². The third-order valence-corrected chi connectivity index (χ3v) is 4.89. The van der Waals surface area contributed by atoms with Crippen LogP contribution in [0.5, 0.6) is 0 Å². The first-order valence-electron chi connectivity index (χ1n) is 8.31. The second kappa shape index (κ2) is 7.98. The van der Waals surface area contributed by atoms with E-state index in [-0.39, 0.29) is 5.91 Å². The molecule has 4 nitrogen and oxygen atoms in total. The Balaban J connectivity index is 1.51. The number of anilines is 2. The summed E-state index contributed by atoms with van der Waals surface area (Å²) in [7, 11) is 0. The minimum Gasteiger partial charge on any atom is -0.376 e. The molecule has 1 amide bonds. The minimum atomic E-state index is 0.111. The van der Waals surface area contributed by atoms with Crippen LogP contribution in [-0.4, -0.2) is 43.5 Å². The lowest BCUT2D eigenvalue weighted by Gasteiger charge is -2.36. The van der Waals surface area contributed by atoms with E-state index in [4.69, 9.17) is 23.2 Å². The largest absolute Gasteiger partial charge is 0.376 e. The Morgan fingerprint density at radius 1 is 1.04 bits per heavy atom. The second-order valence-corrected chi connectivity index (χ2v) is 7.03. The van der Waals surface area contributed by atoms with E-state index in [9.17, 15) is 4.79 Å². The average Bonchev–Trinajstić information content (AvgIpc) is 2.61. The number of benzene rings is 2. The molecule has 1 N–H and O–H groups in total. The van der Waals surface area contributed by atoms with Crippen molar-refractivity contribution in [2.24, 2.45) is 0 Å². The molecule has 1 heterocycles. The number of carbonyl (C=O) groups excluding carboxylic acids is 1. The van der Waals surface area contributed by atoms with Crippen molar-refractivity contribution in [3.8, 4) is 0 Å². The maximum absolute atomic E-state index is 12.4. The standard InChI is InChI=1S/C19H21Cl2N3O/c1-14-11-16(21)5-6-18(14)22-13-19(25)24-9-7-23(8-10-24)17-4-2-3-15(20)12-17/h2-6,11-12,22H,7-10,13H2,1H3. The van der Waals surface area contributed by atoms with Crippen LogP contribution in [0.3, 0.4) is 0 Å². The Morgan fingerprint density at radius 2 is 1.76 bits per heavy atom. The monoisotopic (exact) mass is 377 g/mol. The van der Waals surface area contributed by atoms with Gasteiger partial charge in [-0.2, -0.15) is 0 Å². The van der Waals surface area contributed by atoms with Gasteiger partial charge in [0.05, 0.1) is 6.54 Å². The van der Waals surface area contributed by atoms with E-state index >= 15 is 0 Å². The predicted octanol–water partition coefficient (Wildman–Crippen LogP) is 4.06. The van der Waals surface area contributed by atoms with Crippen LogP contribution in [0.25, 0.3) is 0 Å². The van der Waals surface area contributed by atoms with Crippen LogP contribution in [0.15, 0.2) is 42.5 Å². The van der Waals surface area contributed by atoms with Gasteiger partial charge in [-0.3, -0.25) is 4.79 Å². The maximum Gasteiger partial charge on any atom is 0.241 e. The van der Waals surface area contributed by atoms with Crippen molar-refractivity contribution in [3.63, 3.8) is 0 Å². The smallest absolute Gasteiger partial charge is 0.241 e. The van der Waals surface area contributed by atoms with Gasteiger partial charge in [0.25, 0.3) is 0 Å². The number of halogens is 2. The van der Waals surface area contributed by atoms with E-state index in [2.05, 4.69) is 10.2 Å². The molecule has 2 aromatic carbocycles. The Morgan fingerprint density at radius 3 is 2.44 bits per heavy atom. The molecule has 6 heteroatoms. The van der Waals surface area contributed by atoms with Gasteiger partial charge in [-0.1, -0.05) is 29.3 Å². The third-order valence-electron chi connectivity index (χ3n) is 4.42. The molecule has 0 spiro atoms. The van der Waals surface area contributed by atoms with Gasteiger partial charge in [-0.25, -0.2) is 0 Å². The topological polar surface area (TPSA) is 35.6 Å². The molecule has 0 aromatic heterocycles. The number of aryl methyl sites for hydroxylation is 1. The fraction of sp³-hybridized carbons (Fsp3) is 0.316. The fourth-order valence-electron chi connectivity index (χ4n) is 2.99. The second-order valence-electron chi connectivity index (χ2n) is 6.16. The van der Waals surface area contributed by atoms with E-state index in [1.54, 1.807) is 0 Å². The molecule has 0 bridgehead atoms. The Labute approximate surface area is 158 Å². The van der Waals surface area contributed by atoms with Crippen LogP contribution in [-0.2, 0) is 4.79 Å². The van der Waals surface area contributed by atoms with Crippen molar-refractivity contribution in [1.82, 2.24) is 4.90 Å². The van der Waals surface area contributed by atoms with Crippen molar-refractivity contribution in [2.45, 2.75) is 6.92 Å². The van der Waals surface area contributed by atoms with E-state index in [1.165, 1.54) is 0 Å². The molecular formula is C19H21Cl2N3O. The summed E-state index contributed by atoms with van der Waals surface area (Å²) in [5.41, 5.74) is 3.08. The highest BCUT2D eigenvalue weighted by Gasteiger charge is 2.21. The number of amides is 1. The van der Waals surface area contributed by atoms with Crippen LogP contribution >= 0.6 is 23.2 Å². The molecule has 0 radical (unpaired) electrons. The quantitative estimate of drug-likeness (QED) is 0.872. The van der Waals surface area contributed by atoms with Gasteiger partial charge in [0.1, 0.15) is 0 Å². The molecule has 0 saturated carbocycles. The van der Waals surface area contributed by atoms with E-state index in [1.807, 2.05) is 54.3 Å². The van der Waals surface area contributed by atoms with Gasteiger partial charge in [0.15, 0.2) is 0 Å². The number of hydrogen-bond acceptors (Lipinski definition) is 3. The minimum absolute atomic E-state index is 0.111. The molecule has 1 saturated heterocycles. The SMILES string of the molecule is Cc1cc(Cl)ccc1NCC(=O)N1CCN(c2cccc(Cl)c2)CC1. The summed E-state index contributed by atoms with van der Waals surface area (Å²) in [5.74, 6) is 0.111. The highest BCUT2D eigenvalue weighted by molar-refractivity contribution is 6.31. The van der Waals surface area contributed by atoms with Crippen LogP contribution in [0, 0.1) is 6.92 Å². The lowest BCUT2D eigenvalue weighted by Crippen LogP contribution is -2.50. The zero-order valence-corrected chi connectivity index (χ0v) is 15.6. The molecule has 0 atom stereocenters. The number of hydrogen-bond donors (Lipinski definition) is 1. The van der Waals surface area contributed by atoms with Crippen molar-refractivity contribution in [1.29, 1.82) is 0 Å². The van der Waals surface area contributed by atoms with Crippen LogP contribution in [0.1, 0.15) is 5.56 Å². The van der Waals surface area contributed by atoms with Gasteiger partial charge in [0, 0.05) is 47.6 Å². The van der Waals surface area contributed by atoms with Crippen molar-refractivity contribution >= 4 is 40.5 Å². The Bertz CT molecular complexity index is 758. The van der Waals surface area contributed by atoms with Gasteiger partial charge in [0.2, 0.25) is 5.91 Å². The summed E-state index contributed by atoms with van der Waals surface area (Å²) >= 11 is 12.0. The normalized spacial score (nSPS) is 14.5. The molecule has 25 heavy (non-hydrogen) atoms. The maximum atomic E-state index is 12.4. The zero-order chi connectivity index (χ0) is 17.8. The first kappa shape index (κ1) is 17.9. The molecule has 1 aliphatic rings. The molecule has 3 rings (SSSR count). The average molecular weight is 378 g/mol. The lowest BCUT2D eigenvalue weighted by molar-refractivity contribution is -0.129. The predicted molar refractivity (Wildman–Crippen MR) is 105 cm³/mol. The van der Waals surface area contributed by atoms with Crippen LogP contribution in [0.2, 0.25) is 10.0 Å². The summed E-state index contributed by atoms with van der Waals surface area (Å²) in [4.78, 5) is 16.6. The van der Waals surface area contributed by atoms with Gasteiger partial charge < -0.3 is 15.1 Å². The Hall–Kier alpha value is -1.91. The fourth-order valence-corrected chi connectivity index (χ4v) is 3.41. The number of piperazine rings is 1. The first-order valence-corrected chi connectivity index (χ1v) is 9.07. The van der Waals surface area contributed by atoms with Crippen molar-refractivity contribution < 1.29 is 4.79 Å². The molecule has 2 aromatic rings. The molecule has 0 aliphatic carbocycles. The zero-order valence-electron chi connectivity index (χ0n) is 14.1. The van der Waals surface area contributed by atoms with E-state index in [0.717, 1.165) is 35.1 Å². The highest BCUT2D eigenvalue weighted by atomic mass is 35.5. The molecule has 1 fully saturated rings. The van der Waals surface area contributed by atoms with E-state index in [0.29, 0.717) is 24.7 Å². The summed E-state index contributed by atoms with van der Waals surface area (Å²) in [6, 6.07) is 13.5. The number of carbonyl (C=O) groups is 1. The van der Waals surface area contributed by atoms with Crippen LogP contribution in [0.4, 0.5) is 11.4 Å². The van der Waals surface area contributed by atoms with Crippen LogP contribution < -0.4 is 10.2 Å². The summed E-state index contributed by atoms with van der Waals surface area (Å²) < 4.78 is 0. The van der Waals surface area contributed by atoms with Gasteiger partial charge >= 0.3 is 0 Å². The number of nitrogens with zero attached hydrogens (tertiary/aromatic N) is 2. The van der Waals surface area contributed by atoms with Crippen molar-refractivity contribution in [2.75, 3.05) is 42.9 Å². The lowest BCUT2D eigenvalue weighted by atomic mass is 10.2. The third kappa shape index (κ3) is 4.59. The molecule has 1 aliphatic heterocycles. The first-order chi connectivity index (χ1) is 12.0. The molecular weight excluding hydrogens is 357 g/mol. The highest BCUT2D eigenvalue weighted by Crippen LogP contribution is 2.21.